The van der Waals surface area contributed by atoms with Crippen molar-refractivity contribution in [1.82, 2.24) is 4.90 Å². The van der Waals surface area contributed by atoms with Crippen molar-refractivity contribution in [3.05, 3.63) is 24.3 Å². The molecule has 0 spiro atoms. The number of amides is 1. The maximum atomic E-state index is 13.4. The SMILES string of the molecule is O=C(Nc1ccc(OC[C@H]2CCCCO2)cc1)C1(N2CCOCC2)CCCCC1. The highest BCUT2D eigenvalue weighted by Crippen LogP contribution is 2.35. The summed E-state index contributed by atoms with van der Waals surface area (Å²) < 4.78 is 17.1. The molecular weight excluding hydrogens is 368 g/mol. The highest BCUT2D eigenvalue weighted by atomic mass is 16.5. The van der Waals surface area contributed by atoms with Gasteiger partial charge in [-0.2, -0.15) is 0 Å². The van der Waals surface area contributed by atoms with Crippen LogP contribution in [0, 0.1) is 0 Å². The molecule has 2 aliphatic heterocycles. The second kappa shape index (κ2) is 9.92. The fraction of sp³-hybridized carbons (Fsp3) is 0.696. The molecular formula is C23H34N2O4. The Kier molecular flexibility index (Phi) is 7.06. The van der Waals surface area contributed by atoms with Crippen molar-refractivity contribution >= 4 is 11.6 Å². The van der Waals surface area contributed by atoms with E-state index in [2.05, 4.69) is 10.2 Å². The summed E-state index contributed by atoms with van der Waals surface area (Å²) >= 11 is 0. The molecule has 1 amide bonds. The normalized spacial score (nSPS) is 25.3. The number of benzene rings is 1. The standard InChI is InChI=1S/C23H34N2O4/c26-22(23(11-3-1-4-12-23)25-13-16-27-17-14-25)24-19-7-9-20(10-8-19)29-18-21-6-2-5-15-28-21/h7-10,21H,1-6,11-18H2,(H,24,26)/t21-/m1/s1. The minimum Gasteiger partial charge on any atom is -0.491 e. The van der Waals surface area contributed by atoms with E-state index in [1.807, 2.05) is 24.3 Å². The molecule has 0 unspecified atom stereocenters. The molecule has 1 atom stereocenters. The van der Waals surface area contributed by atoms with Crippen LogP contribution in [0.1, 0.15) is 51.4 Å². The number of morpholine rings is 1. The lowest BCUT2D eigenvalue weighted by atomic mass is 9.79. The Bertz CT molecular complexity index is 645. The average Bonchev–Trinajstić information content (AvgIpc) is 2.80. The maximum absolute atomic E-state index is 13.4. The minimum atomic E-state index is -0.393. The van der Waals surface area contributed by atoms with Gasteiger partial charge in [0, 0.05) is 25.4 Å². The Labute approximate surface area is 173 Å². The van der Waals surface area contributed by atoms with E-state index in [9.17, 15) is 4.79 Å². The van der Waals surface area contributed by atoms with E-state index < -0.39 is 5.54 Å². The number of nitrogens with zero attached hydrogens (tertiary/aromatic N) is 1. The van der Waals surface area contributed by atoms with Gasteiger partial charge in [0.2, 0.25) is 5.91 Å². The molecule has 6 heteroatoms. The summed E-state index contributed by atoms with van der Waals surface area (Å²) in [4.78, 5) is 15.7. The van der Waals surface area contributed by atoms with E-state index in [1.54, 1.807) is 0 Å². The van der Waals surface area contributed by atoms with Crippen LogP contribution in [0.25, 0.3) is 0 Å². The first-order chi connectivity index (χ1) is 14.3. The van der Waals surface area contributed by atoms with Crippen molar-refractivity contribution in [3.8, 4) is 5.75 Å². The Morgan fingerprint density at radius 1 is 1.03 bits per heavy atom. The molecule has 1 aromatic carbocycles. The first-order valence-electron chi connectivity index (χ1n) is 11.2. The van der Waals surface area contributed by atoms with Crippen molar-refractivity contribution in [3.63, 3.8) is 0 Å². The molecule has 1 aromatic rings. The summed E-state index contributed by atoms with van der Waals surface area (Å²) in [5, 5.41) is 3.18. The van der Waals surface area contributed by atoms with Gasteiger partial charge >= 0.3 is 0 Å². The fourth-order valence-electron chi connectivity index (χ4n) is 4.82. The Morgan fingerprint density at radius 3 is 2.48 bits per heavy atom. The molecule has 2 heterocycles. The number of hydrogen-bond acceptors (Lipinski definition) is 5. The Balaban J connectivity index is 1.36. The lowest BCUT2D eigenvalue weighted by Crippen LogP contribution is -2.60. The smallest absolute Gasteiger partial charge is 0.244 e. The molecule has 3 fully saturated rings. The molecule has 1 aliphatic carbocycles. The van der Waals surface area contributed by atoms with Crippen molar-refractivity contribution < 1.29 is 19.0 Å². The second-order valence-corrected chi connectivity index (χ2v) is 8.47. The zero-order valence-corrected chi connectivity index (χ0v) is 17.4. The van der Waals surface area contributed by atoms with Crippen LogP contribution in [-0.4, -0.2) is 62.0 Å². The van der Waals surface area contributed by atoms with Crippen LogP contribution in [0.4, 0.5) is 5.69 Å². The van der Waals surface area contributed by atoms with Gasteiger partial charge in [0.25, 0.3) is 0 Å². The van der Waals surface area contributed by atoms with Crippen molar-refractivity contribution in [1.29, 1.82) is 0 Å². The lowest BCUT2D eigenvalue weighted by Gasteiger charge is -2.46. The largest absolute Gasteiger partial charge is 0.491 e. The van der Waals surface area contributed by atoms with E-state index in [1.165, 1.54) is 12.8 Å². The van der Waals surface area contributed by atoms with Crippen molar-refractivity contribution in [2.45, 2.75) is 63.0 Å². The van der Waals surface area contributed by atoms with E-state index in [0.717, 1.165) is 69.7 Å². The summed E-state index contributed by atoms with van der Waals surface area (Å²) in [7, 11) is 0. The maximum Gasteiger partial charge on any atom is 0.244 e. The predicted molar refractivity (Wildman–Crippen MR) is 112 cm³/mol. The van der Waals surface area contributed by atoms with Crippen LogP contribution in [0.15, 0.2) is 24.3 Å². The number of rotatable bonds is 6. The van der Waals surface area contributed by atoms with Crippen molar-refractivity contribution in [2.75, 3.05) is 44.8 Å². The molecule has 2 saturated heterocycles. The van der Waals surface area contributed by atoms with E-state index in [0.29, 0.717) is 19.8 Å². The molecule has 1 saturated carbocycles. The van der Waals surface area contributed by atoms with Gasteiger partial charge in [0.05, 0.1) is 19.3 Å². The molecule has 4 rings (SSSR count). The highest BCUT2D eigenvalue weighted by molar-refractivity contribution is 5.98. The van der Waals surface area contributed by atoms with Crippen molar-refractivity contribution in [2.24, 2.45) is 0 Å². The third-order valence-electron chi connectivity index (χ3n) is 6.54. The quantitative estimate of drug-likeness (QED) is 0.788. The van der Waals surface area contributed by atoms with Crippen LogP contribution in [0.5, 0.6) is 5.75 Å². The van der Waals surface area contributed by atoms with E-state index in [4.69, 9.17) is 14.2 Å². The average molecular weight is 403 g/mol. The van der Waals surface area contributed by atoms with Gasteiger partial charge in [0.1, 0.15) is 17.9 Å². The van der Waals surface area contributed by atoms with Crippen LogP contribution in [0.2, 0.25) is 0 Å². The van der Waals surface area contributed by atoms with Crippen LogP contribution >= 0.6 is 0 Å². The minimum absolute atomic E-state index is 0.128. The molecule has 1 N–H and O–H groups in total. The zero-order chi connectivity index (χ0) is 19.9. The van der Waals surface area contributed by atoms with Gasteiger partial charge in [0.15, 0.2) is 0 Å². The molecule has 0 bridgehead atoms. The van der Waals surface area contributed by atoms with Gasteiger partial charge < -0.3 is 19.5 Å². The Hall–Kier alpha value is -1.63. The number of anilines is 1. The summed E-state index contributed by atoms with van der Waals surface area (Å²) in [6.45, 7) is 4.53. The topological polar surface area (TPSA) is 60.0 Å². The third kappa shape index (κ3) is 5.11. The van der Waals surface area contributed by atoms with Gasteiger partial charge in [-0.15, -0.1) is 0 Å². The predicted octanol–water partition coefficient (Wildman–Crippen LogP) is 3.61. The summed E-state index contributed by atoms with van der Waals surface area (Å²) in [6, 6.07) is 7.73. The number of nitrogens with one attached hydrogen (secondary N) is 1. The first kappa shape index (κ1) is 20.6. The van der Waals surface area contributed by atoms with E-state index >= 15 is 0 Å². The van der Waals surface area contributed by atoms with Crippen LogP contribution in [-0.2, 0) is 14.3 Å². The van der Waals surface area contributed by atoms with E-state index in [-0.39, 0.29) is 12.0 Å². The molecule has 0 radical (unpaired) electrons. The zero-order valence-electron chi connectivity index (χ0n) is 17.4. The molecule has 6 nitrogen and oxygen atoms in total. The number of carbonyl (C=O) groups excluding carboxylic acids is 1. The molecule has 0 aromatic heterocycles. The van der Waals surface area contributed by atoms with Crippen LogP contribution in [0.3, 0.4) is 0 Å². The van der Waals surface area contributed by atoms with Gasteiger partial charge in [-0.25, -0.2) is 0 Å². The van der Waals surface area contributed by atoms with Gasteiger partial charge in [-0.3, -0.25) is 9.69 Å². The fourth-order valence-corrected chi connectivity index (χ4v) is 4.82. The van der Waals surface area contributed by atoms with Gasteiger partial charge in [-0.1, -0.05) is 19.3 Å². The Morgan fingerprint density at radius 2 is 1.79 bits per heavy atom. The van der Waals surface area contributed by atoms with Gasteiger partial charge in [-0.05, 0) is 56.4 Å². The van der Waals surface area contributed by atoms with Crippen LogP contribution < -0.4 is 10.1 Å². The summed E-state index contributed by atoms with van der Waals surface area (Å²) in [6.07, 6.45) is 8.93. The molecule has 29 heavy (non-hydrogen) atoms. The summed E-state index contributed by atoms with van der Waals surface area (Å²) in [5.74, 6) is 0.945. The number of ether oxygens (including phenoxy) is 3. The lowest BCUT2D eigenvalue weighted by molar-refractivity contribution is -0.134. The first-order valence-corrected chi connectivity index (χ1v) is 11.2. The second-order valence-electron chi connectivity index (χ2n) is 8.47. The molecule has 3 aliphatic rings. The highest BCUT2D eigenvalue weighted by Gasteiger charge is 2.45. The summed E-state index contributed by atoms with van der Waals surface area (Å²) in [5.41, 5.74) is 0.435. The third-order valence-corrected chi connectivity index (χ3v) is 6.54. The number of carbonyl (C=O) groups is 1. The number of hydrogen-bond donors (Lipinski definition) is 1. The molecule has 160 valence electrons. The monoisotopic (exact) mass is 402 g/mol.